The van der Waals surface area contributed by atoms with Gasteiger partial charge in [0.25, 0.3) is 0 Å². The molecular weight excluding hydrogens is 250 g/mol. The molecule has 0 saturated heterocycles. The molecular formula is C13H14ClN3O. The zero-order valence-corrected chi connectivity index (χ0v) is 10.7. The Morgan fingerprint density at radius 1 is 1.39 bits per heavy atom. The molecule has 0 fully saturated rings. The molecule has 0 radical (unpaired) electrons. The molecule has 0 aliphatic heterocycles. The maximum absolute atomic E-state index is 5.93. The molecule has 18 heavy (non-hydrogen) atoms. The number of aryl methyl sites for hydroxylation is 1. The predicted molar refractivity (Wildman–Crippen MR) is 72.6 cm³/mol. The number of benzene rings is 1. The van der Waals surface area contributed by atoms with Crippen LogP contribution < -0.4 is 16.0 Å². The summed E-state index contributed by atoms with van der Waals surface area (Å²) in [6.45, 7) is 2.35. The number of nitrogens with one attached hydrogen (secondary N) is 1. The maximum Gasteiger partial charge on any atom is 0.146 e. The van der Waals surface area contributed by atoms with Gasteiger partial charge in [0.1, 0.15) is 18.2 Å². The maximum atomic E-state index is 5.93. The molecule has 0 unspecified atom stereocenters. The van der Waals surface area contributed by atoms with Crippen molar-refractivity contribution in [3.63, 3.8) is 0 Å². The molecule has 0 aliphatic rings. The highest BCUT2D eigenvalue weighted by atomic mass is 35.5. The SMILES string of the molecule is Cc1ccc(Cl)cc1OCc1cccnc1NN. The van der Waals surface area contributed by atoms with Crippen molar-refractivity contribution >= 4 is 17.4 Å². The molecule has 0 saturated carbocycles. The Morgan fingerprint density at radius 3 is 3.00 bits per heavy atom. The number of hydrogen-bond acceptors (Lipinski definition) is 4. The standard InChI is InChI=1S/C13H14ClN3O/c1-9-4-5-11(14)7-12(9)18-8-10-3-2-6-16-13(10)17-15/h2-7H,8,15H2,1H3,(H,16,17). The highest BCUT2D eigenvalue weighted by molar-refractivity contribution is 6.30. The van der Waals surface area contributed by atoms with Crippen molar-refractivity contribution in [3.8, 4) is 5.75 Å². The molecule has 1 aromatic carbocycles. The first-order valence-electron chi connectivity index (χ1n) is 5.50. The predicted octanol–water partition coefficient (Wildman–Crippen LogP) is 2.91. The number of nitrogens with zero attached hydrogens (tertiary/aromatic N) is 1. The minimum atomic E-state index is 0.383. The van der Waals surface area contributed by atoms with E-state index in [1.807, 2.05) is 31.2 Å². The Bertz CT molecular complexity index is 546. The van der Waals surface area contributed by atoms with E-state index >= 15 is 0 Å². The van der Waals surface area contributed by atoms with Crippen molar-refractivity contribution in [1.82, 2.24) is 4.98 Å². The fourth-order valence-electron chi connectivity index (χ4n) is 1.57. The summed E-state index contributed by atoms with van der Waals surface area (Å²) in [6, 6.07) is 9.29. The van der Waals surface area contributed by atoms with Crippen LogP contribution in [0.25, 0.3) is 0 Å². The summed E-state index contributed by atoms with van der Waals surface area (Å²) in [6.07, 6.45) is 1.67. The molecule has 1 aromatic heterocycles. The molecule has 0 atom stereocenters. The van der Waals surface area contributed by atoms with Crippen molar-refractivity contribution < 1.29 is 4.74 Å². The summed E-state index contributed by atoms with van der Waals surface area (Å²) in [5.74, 6) is 6.75. The normalized spacial score (nSPS) is 10.2. The lowest BCUT2D eigenvalue weighted by Gasteiger charge is -2.11. The van der Waals surface area contributed by atoms with E-state index in [1.165, 1.54) is 0 Å². The Kier molecular flexibility index (Phi) is 4.02. The number of rotatable bonds is 4. The van der Waals surface area contributed by atoms with E-state index in [4.69, 9.17) is 22.2 Å². The van der Waals surface area contributed by atoms with Crippen molar-refractivity contribution in [2.45, 2.75) is 13.5 Å². The third-order valence-corrected chi connectivity index (χ3v) is 2.80. The monoisotopic (exact) mass is 263 g/mol. The van der Waals surface area contributed by atoms with E-state index in [1.54, 1.807) is 12.3 Å². The molecule has 3 N–H and O–H groups in total. The summed E-state index contributed by atoms with van der Waals surface area (Å²) in [4.78, 5) is 4.11. The van der Waals surface area contributed by atoms with E-state index in [9.17, 15) is 0 Å². The molecule has 4 nitrogen and oxygen atoms in total. The Balaban J connectivity index is 2.14. The molecule has 94 valence electrons. The van der Waals surface area contributed by atoms with E-state index < -0.39 is 0 Å². The van der Waals surface area contributed by atoms with Crippen molar-refractivity contribution in [1.29, 1.82) is 0 Å². The first-order valence-corrected chi connectivity index (χ1v) is 5.88. The summed E-state index contributed by atoms with van der Waals surface area (Å²) in [7, 11) is 0. The van der Waals surface area contributed by atoms with Gasteiger partial charge in [-0.15, -0.1) is 0 Å². The van der Waals surface area contributed by atoms with Gasteiger partial charge in [-0.3, -0.25) is 0 Å². The minimum absolute atomic E-state index is 0.383. The van der Waals surface area contributed by atoms with E-state index in [-0.39, 0.29) is 0 Å². The number of nitrogens with two attached hydrogens (primary N) is 1. The molecule has 0 spiro atoms. The molecule has 0 aliphatic carbocycles. The number of ether oxygens (including phenoxy) is 1. The third kappa shape index (κ3) is 2.91. The van der Waals surface area contributed by atoms with Gasteiger partial charge in [-0.2, -0.15) is 0 Å². The van der Waals surface area contributed by atoms with Crippen LogP contribution in [0.2, 0.25) is 5.02 Å². The zero-order chi connectivity index (χ0) is 13.0. The number of aromatic nitrogens is 1. The average molecular weight is 264 g/mol. The lowest BCUT2D eigenvalue weighted by Crippen LogP contribution is -2.12. The second-order valence-corrected chi connectivity index (χ2v) is 4.29. The summed E-state index contributed by atoms with van der Waals surface area (Å²) < 4.78 is 5.73. The number of hydrogen-bond donors (Lipinski definition) is 2. The number of halogens is 1. The van der Waals surface area contributed by atoms with Crippen molar-refractivity contribution in [2.75, 3.05) is 5.43 Å². The molecule has 0 bridgehead atoms. The zero-order valence-electron chi connectivity index (χ0n) is 9.98. The largest absolute Gasteiger partial charge is 0.488 e. The van der Waals surface area contributed by atoms with Crippen LogP contribution >= 0.6 is 11.6 Å². The van der Waals surface area contributed by atoms with Crippen LogP contribution in [0, 0.1) is 6.92 Å². The molecule has 0 amide bonds. The lowest BCUT2D eigenvalue weighted by atomic mass is 10.2. The fraction of sp³-hybridized carbons (Fsp3) is 0.154. The average Bonchev–Trinajstić information content (AvgIpc) is 2.40. The molecule has 1 heterocycles. The molecule has 2 aromatic rings. The van der Waals surface area contributed by atoms with Gasteiger partial charge < -0.3 is 10.2 Å². The van der Waals surface area contributed by atoms with Crippen LogP contribution in [-0.2, 0) is 6.61 Å². The van der Waals surface area contributed by atoms with E-state index in [0.717, 1.165) is 16.9 Å². The van der Waals surface area contributed by atoms with Gasteiger partial charge in [0.05, 0.1) is 0 Å². The quantitative estimate of drug-likeness (QED) is 0.658. The van der Waals surface area contributed by atoms with Crippen LogP contribution in [0.15, 0.2) is 36.5 Å². The van der Waals surface area contributed by atoms with Gasteiger partial charge >= 0.3 is 0 Å². The van der Waals surface area contributed by atoms with Crippen LogP contribution in [-0.4, -0.2) is 4.98 Å². The number of nitrogen functional groups attached to an aromatic ring is 1. The van der Waals surface area contributed by atoms with Gasteiger partial charge in [-0.25, -0.2) is 10.8 Å². The molecule has 5 heteroatoms. The van der Waals surface area contributed by atoms with Gasteiger partial charge in [0, 0.05) is 16.8 Å². The first kappa shape index (κ1) is 12.7. The Morgan fingerprint density at radius 2 is 2.22 bits per heavy atom. The second kappa shape index (κ2) is 5.71. The van der Waals surface area contributed by atoms with Crippen molar-refractivity contribution in [3.05, 3.63) is 52.7 Å². The van der Waals surface area contributed by atoms with Crippen LogP contribution in [0.4, 0.5) is 5.82 Å². The van der Waals surface area contributed by atoms with Crippen molar-refractivity contribution in [2.24, 2.45) is 5.84 Å². The van der Waals surface area contributed by atoms with Gasteiger partial charge in [-0.05, 0) is 30.7 Å². The van der Waals surface area contributed by atoms with Crippen LogP contribution in [0.1, 0.15) is 11.1 Å². The Hall–Kier alpha value is -1.78. The summed E-state index contributed by atoms with van der Waals surface area (Å²) >= 11 is 5.93. The van der Waals surface area contributed by atoms with Gasteiger partial charge in [-0.1, -0.05) is 23.7 Å². The van der Waals surface area contributed by atoms with E-state index in [2.05, 4.69) is 10.4 Å². The Labute approximate surface area is 111 Å². The highest BCUT2D eigenvalue weighted by Crippen LogP contribution is 2.24. The topological polar surface area (TPSA) is 60.2 Å². The smallest absolute Gasteiger partial charge is 0.146 e. The lowest BCUT2D eigenvalue weighted by molar-refractivity contribution is 0.304. The number of anilines is 1. The third-order valence-electron chi connectivity index (χ3n) is 2.56. The number of hydrazine groups is 1. The molecule has 2 rings (SSSR count). The van der Waals surface area contributed by atoms with Gasteiger partial charge in [0.15, 0.2) is 0 Å². The van der Waals surface area contributed by atoms with E-state index in [0.29, 0.717) is 17.4 Å². The van der Waals surface area contributed by atoms with Crippen LogP contribution in [0.5, 0.6) is 5.75 Å². The second-order valence-electron chi connectivity index (χ2n) is 3.85. The summed E-state index contributed by atoms with van der Waals surface area (Å²) in [5.41, 5.74) is 4.46. The fourth-order valence-corrected chi connectivity index (χ4v) is 1.73. The highest BCUT2D eigenvalue weighted by Gasteiger charge is 2.05. The number of pyridine rings is 1. The first-order chi connectivity index (χ1) is 8.70. The van der Waals surface area contributed by atoms with Gasteiger partial charge in [0.2, 0.25) is 0 Å². The van der Waals surface area contributed by atoms with Crippen LogP contribution in [0.3, 0.4) is 0 Å². The summed E-state index contributed by atoms with van der Waals surface area (Å²) in [5, 5.41) is 0.652. The minimum Gasteiger partial charge on any atom is -0.488 e.